The summed E-state index contributed by atoms with van der Waals surface area (Å²) in [7, 11) is 0. The minimum Gasteiger partial charge on any atom is -0.452 e. The highest BCUT2D eigenvalue weighted by Crippen LogP contribution is 2.20. The lowest BCUT2D eigenvalue weighted by Gasteiger charge is -2.36. The largest absolute Gasteiger partial charge is 0.452 e. The van der Waals surface area contributed by atoms with Crippen LogP contribution >= 0.6 is 0 Å². The number of esters is 1. The summed E-state index contributed by atoms with van der Waals surface area (Å²) in [6, 6.07) is 12.5. The van der Waals surface area contributed by atoms with Crippen LogP contribution in [0.3, 0.4) is 0 Å². The maximum atomic E-state index is 12.4. The molecule has 1 aliphatic heterocycles. The van der Waals surface area contributed by atoms with Crippen molar-refractivity contribution in [1.29, 1.82) is 0 Å². The molecule has 3 rings (SSSR count). The van der Waals surface area contributed by atoms with Gasteiger partial charge in [-0.2, -0.15) is 0 Å². The second-order valence-electron chi connectivity index (χ2n) is 6.98. The summed E-state index contributed by atoms with van der Waals surface area (Å²) >= 11 is 0. The third-order valence-electron chi connectivity index (χ3n) is 4.83. The summed E-state index contributed by atoms with van der Waals surface area (Å²) in [5, 5.41) is 13.4. The molecule has 1 saturated heterocycles. The number of carbonyl (C=O) groups is 3. The van der Waals surface area contributed by atoms with Crippen LogP contribution < -0.4 is 10.2 Å². The third-order valence-corrected chi connectivity index (χ3v) is 4.83. The first-order valence-corrected chi connectivity index (χ1v) is 9.65. The van der Waals surface area contributed by atoms with Gasteiger partial charge in [-0.15, -0.1) is 0 Å². The van der Waals surface area contributed by atoms with Crippen LogP contribution in [0.25, 0.3) is 0 Å². The van der Waals surface area contributed by atoms with Gasteiger partial charge in [0.05, 0.1) is 10.5 Å². The number of anilines is 2. The monoisotopic (exact) mass is 426 g/mol. The predicted octanol–water partition coefficient (Wildman–Crippen LogP) is 2.06. The van der Waals surface area contributed by atoms with E-state index in [1.807, 2.05) is 4.90 Å². The van der Waals surface area contributed by atoms with Crippen LogP contribution in [0.2, 0.25) is 0 Å². The zero-order valence-corrected chi connectivity index (χ0v) is 16.9. The van der Waals surface area contributed by atoms with E-state index >= 15 is 0 Å². The Morgan fingerprint density at radius 1 is 1.00 bits per heavy atom. The highest BCUT2D eigenvalue weighted by molar-refractivity contribution is 5.93. The van der Waals surface area contributed by atoms with Crippen molar-refractivity contribution >= 4 is 34.8 Å². The Hall–Kier alpha value is -3.95. The van der Waals surface area contributed by atoms with Crippen molar-refractivity contribution in [2.75, 3.05) is 43.0 Å². The highest BCUT2D eigenvalue weighted by atomic mass is 16.6. The fourth-order valence-electron chi connectivity index (χ4n) is 3.19. The first-order valence-electron chi connectivity index (χ1n) is 9.65. The van der Waals surface area contributed by atoms with Gasteiger partial charge in [0.1, 0.15) is 0 Å². The van der Waals surface area contributed by atoms with Gasteiger partial charge in [-0.1, -0.05) is 0 Å². The first kappa shape index (κ1) is 21.8. The summed E-state index contributed by atoms with van der Waals surface area (Å²) in [5.41, 5.74) is 1.73. The minimum absolute atomic E-state index is 0.0316. The number of non-ortho nitro benzene ring substituents is 1. The Balaban J connectivity index is 1.46. The molecule has 1 aliphatic rings. The number of nitro groups is 1. The van der Waals surface area contributed by atoms with E-state index < -0.39 is 10.9 Å². The molecule has 31 heavy (non-hydrogen) atoms. The minimum atomic E-state index is -0.618. The number of benzene rings is 2. The molecule has 162 valence electrons. The summed E-state index contributed by atoms with van der Waals surface area (Å²) in [5.74, 6) is -1.12. The van der Waals surface area contributed by atoms with Crippen molar-refractivity contribution in [2.45, 2.75) is 6.92 Å². The van der Waals surface area contributed by atoms with E-state index in [0.717, 1.165) is 5.69 Å². The molecule has 2 aromatic rings. The van der Waals surface area contributed by atoms with E-state index in [1.165, 1.54) is 31.2 Å². The third kappa shape index (κ3) is 5.78. The van der Waals surface area contributed by atoms with E-state index in [9.17, 15) is 24.5 Å². The molecule has 1 heterocycles. The van der Waals surface area contributed by atoms with E-state index in [-0.39, 0.29) is 29.7 Å². The first-order chi connectivity index (χ1) is 14.8. The molecule has 0 aromatic heterocycles. The van der Waals surface area contributed by atoms with Gasteiger partial charge in [0, 0.05) is 56.6 Å². The van der Waals surface area contributed by atoms with Crippen LogP contribution in [-0.2, 0) is 14.3 Å². The van der Waals surface area contributed by atoms with Crippen molar-refractivity contribution in [3.05, 3.63) is 64.2 Å². The fourth-order valence-corrected chi connectivity index (χ4v) is 3.19. The van der Waals surface area contributed by atoms with Crippen LogP contribution in [0.1, 0.15) is 17.3 Å². The Kier molecular flexibility index (Phi) is 6.81. The van der Waals surface area contributed by atoms with Gasteiger partial charge in [-0.3, -0.25) is 19.7 Å². The molecule has 0 aliphatic carbocycles. The van der Waals surface area contributed by atoms with E-state index in [2.05, 4.69) is 5.32 Å². The van der Waals surface area contributed by atoms with Crippen LogP contribution in [0.4, 0.5) is 17.1 Å². The average Bonchev–Trinajstić information content (AvgIpc) is 2.77. The second kappa shape index (κ2) is 9.70. The van der Waals surface area contributed by atoms with Crippen molar-refractivity contribution in [3.63, 3.8) is 0 Å². The number of rotatable bonds is 6. The number of carbonyl (C=O) groups excluding carboxylic acids is 3. The SMILES string of the molecule is CC(=O)Nc1ccc(C(=O)OCC(=O)N2CCN(c3ccc([N+](=O)[O-])cc3)CC2)cc1. The normalized spacial score (nSPS) is 13.5. The summed E-state index contributed by atoms with van der Waals surface area (Å²) in [4.78, 5) is 49.5. The van der Waals surface area contributed by atoms with Crippen LogP contribution in [0.5, 0.6) is 0 Å². The number of hydrogen-bond donors (Lipinski definition) is 1. The van der Waals surface area contributed by atoms with Gasteiger partial charge in [0.15, 0.2) is 6.61 Å². The molecule has 2 aromatic carbocycles. The molecule has 10 nitrogen and oxygen atoms in total. The standard InChI is InChI=1S/C21H22N4O6/c1-15(26)22-17-4-2-16(3-5-17)21(28)31-14-20(27)24-12-10-23(11-13-24)18-6-8-19(9-7-18)25(29)30/h2-9H,10-14H2,1H3,(H,22,26). The Morgan fingerprint density at radius 2 is 1.61 bits per heavy atom. The summed E-state index contributed by atoms with van der Waals surface area (Å²) in [6.45, 7) is 3.09. The van der Waals surface area contributed by atoms with Crippen molar-refractivity contribution in [1.82, 2.24) is 4.90 Å². The maximum absolute atomic E-state index is 12.4. The quantitative estimate of drug-likeness (QED) is 0.426. The van der Waals surface area contributed by atoms with Crippen LogP contribution in [0, 0.1) is 10.1 Å². The predicted molar refractivity (Wildman–Crippen MR) is 113 cm³/mol. The van der Waals surface area contributed by atoms with Gasteiger partial charge in [-0.25, -0.2) is 4.79 Å². The highest BCUT2D eigenvalue weighted by Gasteiger charge is 2.23. The lowest BCUT2D eigenvalue weighted by atomic mass is 10.2. The van der Waals surface area contributed by atoms with Gasteiger partial charge in [0.25, 0.3) is 11.6 Å². The Morgan fingerprint density at radius 3 is 2.16 bits per heavy atom. The second-order valence-corrected chi connectivity index (χ2v) is 6.98. The fraction of sp³-hybridized carbons (Fsp3) is 0.286. The van der Waals surface area contributed by atoms with Crippen LogP contribution in [-0.4, -0.2) is 60.4 Å². The van der Waals surface area contributed by atoms with Gasteiger partial charge >= 0.3 is 5.97 Å². The van der Waals surface area contributed by atoms with E-state index in [0.29, 0.717) is 31.9 Å². The molecule has 10 heteroatoms. The van der Waals surface area contributed by atoms with Crippen molar-refractivity contribution in [2.24, 2.45) is 0 Å². The van der Waals surface area contributed by atoms with E-state index in [4.69, 9.17) is 4.74 Å². The summed E-state index contributed by atoms with van der Waals surface area (Å²) < 4.78 is 5.12. The molecule has 1 N–H and O–H groups in total. The van der Waals surface area contributed by atoms with Crippen molar-refractivity contribution in [3.8, 4) is 0 Å². The number of piperazine rings is 1. The van der Waals surface area contributed by atoms with Gasteiger partial charge in [-0.05, 0) is 36.4 Å². The molecular weight excluding hydrogens is 404 g/mol. The maximum Gasteiger partial charge on any atom is 0.338 e. The molecular formula is C21H22N4O6. The van der Waals surface area contributed by atoms with E-state index in [1.54, 1.807) is 29.2 Å². The molecule has 1 fully saturated rings. The Bertz CT molecular complexity index is 966. The lowest BCUT2D eigenvalue weighted by Crippen LogP contribution is -2.49. The van der Waals surface area contributed by atoms with Crippen LogP contribution in [0.15, 0.2) is 48.5 Å². The topological polar surface area (TPSA) is 122 Å². The van der Waals surface area contributed by atoms with Crippen molar-refractivity contribution < 1.29 is 24.0 Å². The number of nitro benzene ring substituents is 1. The van der Waals surface area contributed by atoms with Gasteiger partial charge < -0.3 is 19.9 Å². The number of nitrogens with zero attached hydrogens (tertiary/aromatic N) is 3. The molecule has 0 saturated carbocycles. The molecule has 0 bridgehead atoms. The smallest absolute Gasteiger partial charge is 0.338 e. The molecule has 0 radical (unpaired) electrons. The Labute approximate surface area is 178 Å². The molecule has 2 amide bonds. The lowest BCUT2D eigenvalue weighted by molar-refractivity contribution is -0.384. The molecule has 0 unspecified atom stereocenters. The average molecular weight is 426 g/mol. The number of nitrogens with one attached hydrogen (secondary N) is 1. The zero-order valence-electron chi connectivity index (χ0n) is 16.9. The number of ether oxygens (including phenoxy) is 1. The summed E-state index contributed by atoms with van der Waals surface area (Å²) in [6.07, 6.45) is 0. The molecule has 0 atom stereocenters. The number of amides is 2. The van der Waals surface area contributed by atoms with Gasteiger partial charge in [0.2, 0.25) is 5.91 Å². The molecule has 0 spiro atoms. The zero-order chi connectivity index (χ0) is 22.4. The number of hydrogen-bond acceptors (Lipinski definition) is 7.